The summed E-state index contributed by atoms with van der Waals surface area (Å²) >= 11 is 12.0. The molecule has 6 rings (SSSR count). The van der Waals surface area contributed by atoms with Crippen LogP contribution in [-0.4, -0.2) is 35.7 Å². The molecule has 0 fully saturated rings. The van der Waals surface area contributed by atoms with Crippen LogP contribution in [0.25, 0.3) is 28.3 Å². The molecule has 10 nitrogen and oxygen atoms in total. The van der Waals surface area contributed by atoms with E-state index in [0.29, 0.717) is 41.9 Å². The van der Waals surface area contributed by atoms with Gasteiger partial charge in [-0.25, -0.2) is 9.07 Å². The maximum Gasteiger partial charge on any atom is 0.227 e. The van der Waals surface area contributed by atoms with E-state index >= 15 is 4.39 Å². The van der Waals surface area contributed by atoms with E-state index in [2.05, 4.69) is 25.7 Å². The number of pyridine rings is 1. The van der Waals surface area contributed by atoms with E-state index in [1.165, 1.54) is 53.1 Å². The van der Waals surface area contributed by atoms with Crippen molar-refractivity contribution in [3.8, 4) is 28.3 Å². The zero-order chi connectivity index (χ0) is 32.0. The van der Waals surface area contributed by atoms with E-state index in [4.69, 9.17) is 30.4 Å². The molecule has 5 heterocycles. The van der Waals surface area contributed by atoms with Gasteiger partial charge in [-0.15, -0.1) is 5.10 Å². The first-order chi connectivity index (χ1) is 21.4. The molecule has 43 heavy (non-hydrogen) atoms. The van der Waals surface area contributed by atoms with E-state index in [9.17, 15) is 9.59 Å². The molecule has 1 N–H and O–H groups in total. The first kappa shape index (κ1) is 26.3. The summed E-state index contributed by atoms with van der Waals surface area (Å²) in [6.45, 7) is 1.29. The maximum atomic E-state index is 15.4. The van der Waals surface area contributed by atoms with Gasteiger partial charge in [0.2, 0.25) is 5.91 Å². The summed E-state index contributed by atoms with van der Waals surface area (Å²) in [7, 11) is 0. The number of nitrogens with one attached hydrogen (secondary N) is 1. The molecule has 1 amide bonds. The Morgan fingerprint density at radius 1 is 1.21 bits per heavy atom. The third kappa shape index (κ3) is 5.46. The lowest BCUT2D eigenvalue weighted by atomic mass is 9.88. The van der Waals surface area contributed by atoms with Gasteiger partial charge in [0.25, 0.3) is 0 Å². The number of fused-ring (bicyclic) bond motifs is 4. The molecule has 0 aliphatic carbocycles. The van der Waals surface area contributed by atoms with Crippen molar-refractivity contribution in [2.45, 2.75) is 45.5 Å². The Labute approximate surface area is 258 Å². The van der Waals surface area contributed by atoms with Gasteiger partial charge >= 0.3 is 0 Å². The Morgan fingerprint density at radius 2 is 2.05 bits per heavy atom. The van der Waals surface area contributed by atoms with Crippen molar-refractivity contribution in [3.05, 3.63) is 92.7 Å². The fourth-order valence-electron chi connectivity index (χ4n) is 5.28. The fraction of sp³-hybridized carbons (Fsp3) is 0.267. The Hall–Kier alpha value is -4.35. The van der Waals surface area contributed by atoms with E-state index < -0.39 is 23.7 Å². The van der Waals surface area contributed by atoms with Crippen LogP contribution in [0.3, 0.4) is 0 Å². The topological polar surface area (TPSA) is 121 Å². The van der Waals surface area contributed by atoms with Crippen LogP contribution in [-0.2, 0) is 11.3 Å². The highest BCUT2D eigenvalue weighted by Gasteiger charge is 2.26. The maximum absolute atomic E-state index is 15.4. The highest BCUT2D eigenvalue weighted by Crippen LogP contribution is 2.37. The van der Waals surface area contributed by atoms with E-state index in [-0.39, 0.29) is 44.6 Å². The van der Waals surface area contributed by atoms with Crippen LogP contribution >= 0.6 is 23.2 Å². The molecular formula is C30H26Cl2FN7O3. The number of hydrogen-bond acceptors (Lipinski definition) is 7. The van der Waals surface area contributed by atoms with Crippen LogP contribution in [0.4, 0.5) is 10.1 Å². The summed E-state index contributed by atoms with van der Waals surface area (Å²) in [6.07, 6.45) is 7.20. The van der Waals surface area contributed by atoms with E-state index in [0.717, 1.165) is 0 Å². The van der Waals surface area contributed by atoms with Crippen LogP contribution < -0.4 is 10.7 Å². The fourth-order valence-corrected chi connectivity index (χ4v) is 5.57. The van der Waals surface area contributed by atoms with E-state index in [1.807, 2.05) is 0 Å². The van der Waals surface area contributed by atoms with Crippen molar-refractivity contribution in [3.63, 3.8) is 0 Å². The Kier molecular flexibility index (Phi) is 7.17. The van der Waals surface area contributed by atoms with Crippen LogP contribution in [0, 0.1) is 11.7 Å². The lowest BCUT2D eigenvalue weighted by Crippen LogP contribution is -2.22. The molecule has 1 aliphatic rings. The van der Waals surface area contributed by atoms with Gasteiger partial charge in [-0.3, -0.25) is 19.3 Å². The Bertz CT molecular complexity index is 1990. The monoisotopic (exact) mass is 623 g/mol. The zero-order valence-electron chi connectivity index (χ0n) is 25.0. The van der Waals surface area contributed by atoms with Gasteiger partial charge in [0.05, 0.1) is 49.1 Å². The third-order valence-electron chi connectivity index (χ3n) is 7.49. The van der Waals surface area contributed by atoms with Crippen molar-refractivity contribution in [2.24, 2.45) is 5.92 Å². The van der Waals surface area contributed by atoms with Gasteiger partial charge in [0.15, 0.2) is 16.4 Å². The molecule has 1 aliphatic heterocycles. The van der Waals surface area contributed by atoms with Crippen LogP contribution in [0.15, 0.2) is 64.4 Å². The molecule has 0 spiro atoms. The number of aromatic nitrogens is 6. The number of nitrogens with zero attached hydrogens (tertiary/aromatic N) is 6. The molecule has 5 aromatic rings. The summed E-state index contributed by atoms with van der Waals surface area (Å²) in [6, 6.07) is 7.50. The number of aryl methyl sites for hydroxylation is 1. The minimum absolute atomic E-state index is 0.0794. The molecule has 2 atom stereocenters. The molecule has 0 unspecified atom stereocenters. The lowest BCUT2D eigenvalue weighted by Gasteiger charge is -2.20. The first-order valence-electron chi connectivity index (χ1n) is 14.5. The van der Waals surface area contributed by atoms with Gasteiger partial charge in [0, 0.05) is 47.4 Å². The van der Waals surface area contributed by atoms with Crippen LogP contribution in [0.2, 0.25) is 10.2 Å². The first-order valence-corrected chi connectivity index (χ1v) is 14.2. The standard InChI is InChI=1S/C30H26Cl2FN7O3/c1-3-39-29-17-9-10-34-21(11-17)18(6-4-5-16(2)30(42)36-22(29)13-35-39)19-15-43-25(12-24(19)41)27-23(8-7-20(31)28(27)33)40-14-26(32)37-38-40/h7-16,18H,3-6H2,1-2H3,(H,36,42)/t16-,18+/m1/s1/i3D2. The Morgan fingerprint density at radius 3 is 2.79 bits per heavy atom. The van der Waals surface area contributed by atoms with Crippen molar-refractivity contribution >= 4 is 34.8 Å². The largest absolute Gasteiger partial charge is 0.464 e. The number of anilines is 1. The second-order valence-corrected chi connectivity index (χ2v) is 11.0. The number of benzene rings is 1. The van der Waals surface area contributed by atoms with Crippen molar-refractivity contribution in [1.82, 2.24) is 29.8 Å². The molecule has 0 radical (unpaired) electrons. The van der Waals surface area contributed by atoms with Crippen molar-refractivity contribution in [1.29, 1.82) is 0 Å². The van der Waals surface area contributed by atoms with Crippen LogP contribution in [0.5, 0.6) is 0 Å². The minimum Gasteiger partial charge on any atom is -0.464 e. The SMILES string of the molecule is [2H]C([2H])(C)n1ncc2c1-c1ccnc(c1)[C@H](c1coc(-c3c(-n4cc(Cl)nn4)ccc(Cl)c3F)cc1=O)CCC[C@@H](C)C(=O)N2. The molecule has 1 aromatic carbocycles. The average Bonchev–Trinajstić information content (AvgIpc) is 3.63. The molecule has 0 saturated carbocycles. The highest BCUT2D eigenvalue weighted by molar-refractivity contribution is 6.31. The number of rotatable bonds is 4. The number of carbonyl (C=O) groups is 1. The molecule has 2 bridgehead atoms. The number of halogens is 3. The summed E-state index contributed by atoms with van der Waals surface area (Å²) in [4.78, 5) is 31.4. The summed E-state index contributed by atoms with van der Waals surface area (Å²) in [5, 5.41) is 14.7. The van der Waals surface area contributed by atoms with Crippen molar-refractivity contribution in [2.75, 3.05) is 5.32 Å². The normalized spacial score (nSPS) is 18.1. The summed E-state index contributed by atoms with van der Waals surface area (Å²) in [5.41, 5.74) is 1.79. The molecule has 220 valence electrons. The predicted molar refractivity (Wildman–Crippen MR) is 160 cm³/mol. The smallest absolute Gasteiger partial charge is 0.227 e. The van der Waals surface area contributed by atoms with Crippen molar-refractivity contribution < 1.29 is 16.3 Å². The van der Waals surface area contributed by atoms with Gasteiger partial charge < -0.3 is 9.73 Å². The Balaban J connectivity index is 1.47. The highest BCUT2D eigenvalue weighted by atomic mass is 35.5. The zero-order valence-corrected chi connectivity index (χ0v) is 24.5. The number of hydrogen-bond donors (Lipinski definition) is 1. The lowest BCUT2D eigenvalue weighted by molar-refractivity contribution is -0.119. The molecular weight excluding hydrogens is 596 g/mol. The average molecular weight is 625 g/mol. The second-order valence-electron chi connectivity index (χ2n) is 10.2. The third-order valence-corrected chi connectivity index (χ3v) is 7.96. The quantitative estimate of drug-likeness (QED) is 0.242. The van der Waals surface area contributed by atoms with Gasteiger partial charge in [0.1, 0.15) is 5.76 Å². The second kappa shape index (κ2) is 11.7. The summed E-state index contributed by atoms with van der Waals surface area (Å²) in [5.74, 6) is -2.05. The number of carbonyl (C=O) groups excluding carboxylic acids is 1. The molecule has 0 saturated heterocycles. The van der Waals surface area contributed by atoms with Gasteiger partial charge in [-0.1, -0.05) is 41.8 Å². The predicted octanol–water partition coefficient (Wildman–Crippen LogP) is 6.50. The van der Waals surface area contributed by atoms with Gasteiger partial charge in [-0.05, 0) is 44.0 Å². The summed E-state index contributed by atoms with van der Waals surface area (Å²) < 4.78 is 40.5. The number of amides is 1. The van der Waals surface area contributed by atoms with Crippen LogP contribution in [0.1, 0.15) is 53.0 Å². The minimum atomic E-state index is -1.88. The molecule has 4 aromatic heterocycles. The van der Waals surface area contributed by atoms with Gasteiger partial charge in [-0.2, -0.15) is 5.10 Å². The van der Waals surface area contributed by atoms with E-state index in [1.54, 1.807) is 25.3 Å². The molecule has 13 heteroatoms.